The molecule has 0 aliphatic rings. The molecule has 0 radical (unpaired) electrons. The smallest absolute Gasteiger partial charge is 0.328 e. The van der Waals surface area contributed by atoms with Gasteiger partial charge in [-0.2, -0.15) is 0 Å². The summed E-state index contributed by atoms with van der Waals surface area (Å²) in [6, 6.07) is 7.26. The Morgan fingerprint density at radius 2 is 2.12 bits per heavy atom. The van der Waals surface area contributed by atoms with Crippen LogP contribution in [0.5, 0.6) is 0 Å². The standard InChI is InChI=1S/C11H9N3O2/c15-7-14-10-4-2-1-3-9(10)8-5-12-11(16)13-6-8/h1-7H,(H,14,15)(H,12,13,16). The molecule has 0 bridgehead atoms. The summed E-state index contributed by atoms with van der Waals surface area (Å²) in [5.41, 5.74) is 1.82. The fraction of sp³-hybridized carbons (Fsp3) is 0. The van der Waals surface area contributed by atoms with Gasteiger partial charge in [-0.25, -0.2) is 9.78 Å². The zero-order chi connectivity index (χ0) is 11.4. The second kappa shape index (κ2) is 4.39. The maximum absolute atomic E-state index is 10.8. The number of H-pyrrole nitrogens is 1. The van der Waals surface area contributed by atoms with E-state index in [0.717, 1.165) is 11.1 Å². The number of para-hydroxylation sites is 1. The van der Waals surface area contributed by atoms with E-state index < -0.39 is 5.69 Å². The summed E-state index contributed by atoms with van der Waals surface area (Å²) < 4.78 is 0. The molecule has 16 heavy (non-hydrogen) atoms. The first-order chi connectivity index (χ1) is 7.81. The van der Waals surface area contributed by atoms with Gasteiger partial charge in [-0.1, -0.05) is 18.2 Å². The number of rotatable bonds is 3. The van der Waals surface area contributed by atoms with Crippen LogP contribution in [0.2, 0.25) is 0 Å². The van der Waals surface area contributed by atoms with Gasteiger partial charge in [0.2, 0.25) is 6.41 Å². The van der Waals surface area contributed by atoms with Crippen LogP contribution in [0.4, 0.5) is 5.69 Å². The van der Waals surface area contributed by atoms with Crippen molar-refractivity contribution < 1.29 is 4.79 Å². The summed E-state index contributed by atoms with van der Waals surface area (Å²) in [7, 11) is 0. The van der Waals surface area contributed by atoms with Crippen molar-refractivity contribution in [2.75, 3.05) is 5.32 Å². The first-order valence-corrected chi connectivity index (χ1v) is 4.65. The van der Waals surface area contributed by atoms with Crippen LogP contribution in [0.25, 0.3) is 11.1 Å². The number of benzene rings is 1. The lowest BCUT2D eigenvalue weighted by atomic mass is 10.1. The quantitative estimate of drug-likeness (QED) is 0.750. The molecule has 0 spiro atoms. The van der Waals surface area contributed by atoms with Crippen LogP contribution in [-0.4, -0.2) is 16.4 Å². The van der Waals surface area contributed by atoms with Gasteiger partial charge in [0.25, 0.3) is 0 Å². The molecule has 5 heteroatoms. The van der Waals surface area contributed by atoms with Crippen LogP contribution >= 0.6 is 0 Å². The third kappa shape index (κ3) is 1.98. The fourth-order valence-electron chi connectivity index (χ4n) is 1.41. The minimum Gasteiger partial charge on any atom is -0.328 e. The maximum atomic E-state index is 10.8. The molecule has 0 atom stereocenters. The molecule has 0 saturated carbocycles. The number of carbonyl (C=O) groups is 1. The van der Waals surface area contributed by atoms with Gasteiger partial charge in [0.1, 0.15) is 0 Å². The van der Waals surface area contributed by atoms with Gasteiger partial charge in [0, 0.05) is 29.2 Å². The summed E-state index contributed by atoms with van der Waals surface area (Å²) >= 11 is 0. The SMILES string of the molecule is O=CNc1ccccc1-c1cnc(=O)[nH]c1. The van der Waals surface area contributed by atoms with Crippen molar-refractivity contribution in [1.82, 2.24) is 9.97 Å². The Morgan fingerprint density at radius 3 is 2.81 bits per heavy atom. The van der Waals surface area contributed by atoms with Gasteiger partial charge < -0.3 is 10.3 Å². The van der Waals surface area contributed by atoms with Gasteiger partial charge in [-0.15, -0.1) is 0 Å². The first kappa shape index (κ1) is 10.1. The van der Waals surface area contributed by atoms with Crippen molar-refractivity contribution in [1.29, 1.82) is 0 Å². The number of carbonyl (C=O) groups excluding carboxylic acids is 1. The zero-order valence-corrected chi connectivity index (χ0v) is 8.31. The van der Waals surface area contributed by atoms with Gasteiger partial charge >= 0.3 is 5.69 Å². The zero-order valence-electron chi connectivity index (χ0n) is 8.31. The second-order valence-corrected chi connectivity index (χ2v) is 3.12. The van der Waals surface area contributed by atoms with E-state index in [4.69, 9.17) is 0 Å². The van der Waals surface area contributed by atoms with Gasteiger partial charge in [0.15, 0.2) is 0 Å². The lowest BCUT2D eigenvalue weighted by Crippen LogP contribution is -2.08. The largest absolute Gasteiger partial charge is 0.344 e. The number of anilines is 1. The van der Waals surface area contributed by atoms with Crippen LogP contribution in [0.1, 0.15) is 0 Å². The highest BCUT2D eigenvalue weighted by Crippen LogP contribution is 2.25. The molecule has 0 aliphatic heterocycles. The molecule has 0 aliphatic carbocycles. The molecule has 1 aromatic carbocycles. The van der Waals surface area contributed by atoms with Crippen molar-refractivity contribution >= 4 is 12.1 Å². The van der Waals surface area contributed by atoms with Crippen LogP contribution < -0.4 is 11.0 Å². The first-order valence-electron chi connectivity index (χ1n) is 4.65. The van der Waals surface area contributed by atoms with E-state index in [9.17, 15) is 9.59 Å². The number of aromatic amines is 1. The Hall–Kier alpha value is -2.43. The number of amides is 1. The molecule has 2 rings (SSSR count). The van der Waals surface area contributed by atoms with Crippen LogP contribution in [-0.2, 0) is 4.79 Å². The van der Waals surface area contributed by atoms with Crippen molar-refractivity contribution in [3.63, 3.8) is 0 Å². The molecule has 2 N–H and O–H groups in total. The minimum absolute atomic E-state index is 0.399. The molecule has 0 fully saturated rings. The third-order valence-electron chi connectivity index (χ3n) is 2.12. The van der Waals surface area contributed by atoms with E-state index in [2.05, 4.69) is 15.3 Å². The number of nitrogens with zero attached hydrogens (tertiary/aromatic N) is 1. The summed E-state index contributed by atoms with van der Waals surface area (Å²) in [5, 5.41) is 2.59. The number of hydrogen-bond acceptors (Lipinski definition) is 3. The Kier molecular flexibility index (Phi) is 2.77. The summed E-state index contributed by atoms with van der Waals surface area (Å²) in [5.74, 6) is 0. The molecule has 1 amide bonds. The average molecular weight is 215 g/mol. The van der Waals surface area contributed by atoms with Crippen molar-refractivity contribution in [2.45, 2.75) is 0 Å². The second-order valence-electron chi connectivity index (χ2n) is 3.12. The van der Waals surface area contributed by atoms with E-state index in [0.29, 0.717) is 12.1 Å². The number of nitrogens with one attached hydrogen (secondary N) is 2. The van der Waals surface area contributed by atoms with Crippen molar-refractivity contribution in [3.05, 3.63) is 47.1 Å². The monoisotopic (exact) mass is 215 g/mol. The fourth-order valence-corrected chi connectivity index (χ4v) is 1.41. The Morgan fingerprint density at radius 1 is 1.31 bits per heavy atom. The summed E-state index contributed by atoms with van der Waals surface area (Å²) in [6.07, 6.45) is 3.63. The highest BCUT2D eigenvalue weighted by Gasteiger charge is 2.03. The molecule has 1 heterocycles. The van der Waals surface area contributed by atoms with Gasteiger partial charge in [-0.3, -0.25) is 4.79 Å². The molecule has 80 valence electrons. The third-order valence-corrected chi connectivity index (χ3v) is 2.12. The summed E-state index contributed by atoms with van der Waals surface area (Å²) in [6.45, 7) is 0. The average Bonchev–Trinajstić information content (AvgIpc) is 2.32. The van der Waals surface area contributed by atoms with E-state index >= 15 is 0 Å². The van der Waals surface area contributed by atoms with Gasteiger partial charge in [-0.05, 0) is 6.07 Å². The van der Waals surface area contributed by atoms with E-state index in [-0.39, 0.29) is 0 Å². The predicted octanol–water partition coefficient (Wildman–Crippen LogP) is 1.01. The Balaban J connectivity index is 2.50. The van der Waals surface area contributed by atoms with Gasteiger partial charge in [0.05, 0.1) is 0 Å². The summed E-state index contributed by atoms with van der Waals surface area (Å²) in [4.78, 5) is 27.4. The predicted molar refractivity (Wildman–Crippen MR) is 60.0 cm³/mol. The van der Waals surface area contributed by atoms with E-state index in [1.54, 1.807) is 12.3 Å². The number of aromatic nitrogens is 2. The van der Waals surface area contributed by atoms with Crippen LogP contribution in [0, 0.1) is 0 Å². The van der Waals surface area contributed by atoms with Crippen molar-refractivity contribution in [3.8, 4) is 11.1 Å². The van der Waals surface area contributed by atoms with Crippen LogP contribution in [0.15, 0.2) is 41.5 Å². The lowest BCUT2D eigenvalue weighted by Gasteiger charge is -2.06. The molecular weight excluding hydrogens is 206 g/mol. The maximum Gasteiger partial charge on any atom is 0.344 e. The van der Waals surface area contributed by atoms with Crippen LogP contribution in [0.3, 0.4) is 0 Å². The number of hydrogen-bond donors (Lipinski definition) is 2. The molecule has 0 saturated heterocycles. The van der Waals surface area contributed by atoms with Crippen molar-refractivity contribution in [2.24, 2.45) is 0 Å². The molecule has 1 aromatic heterocycles. The highest BCUT2D eigenvalue weighted by molar-refractivity contribution is 5.84. The van der Waals surface area contributed by atoms with E-state index in [1.165, 1.54) is 6.20 Å². The lowest BCUT2D eigenvalue weighted by molar-refractivity contribution is -0.105. The molecular formula is C11H9N3O2. The topological polar surface area (TPSA) is 74.8 Å². The molecule has 0 unspecified atom stereocenters. The normalized spacial score (nSPS) is 9.75. The molecule has 5 nitrogen and oxygen atoms in total. The highest BCUT2D eigenvalue weighted by atomic mass is 16.1. The van der Waals surface area contributed by atoms with E-state index in [1.807, 2.05) is 18.2 Å². The Bertz CT molecular complexity index is 543. The molecule has 2 aromatic rings. The minimum atomic E-state index is -0.399. The Labute approximate surface area is 91.2 Å².